The first-order valence-electron chi connectivity index (χ1n) is 3.65. The molecule has 0 unspecified atom stereocenters. The van der Waals surface area contributed by atoms with Crippen LogP contribution < -0.4 is 5.56 Å². The number of nitrogens with one attached hydrogen (secondary N) is 1. The molecule has 1 heterocycles. The molecular formula is C8H10N2O3. The highest BCUT2D eigenvalue weighted by atomic mass is 16.3. The number of carbonyl (C=O) groups is 1. The summed E-state index contributed by atoms with van der Waals surface area (Å²) in [5.74, 6) is -0.656. The highest BCUT2D eigenvalue weighted by molar-refractivity contribution is 5.96. The van der Waals surface area contributed by atoms with Crippen LogP contribution in [0.2, 0.25) is 0 Å². The Morgan fingerprint density at radius 3 is 2.62 bits per heavy atom. The Morgan fingerprint density at radius 1 is 1.54 bits per heavy atom. The van der Waals surface area contributed by atoms with Gasteiger partial charge in [-0.1, -0.05) is 0 Å². The fourth-order valence-corrected chi connectivity index (χ4v) is 0.873. The van der Waals surface area contributed by atoms with Crippen LogP contribution in [0.3, 0.4) is 0 Å². The van der Waals surface area contributed by atoms with Gasteiger partial charge >= 0.3 is 0 Å². The average Bonchev–Trinajstić information content (AvgIpc) is 2.03. The second-order valence-corrected chi connectivity index (χ2v) is 2.80. The fraction of sp³-hybridized carbons (Fsp3) is 0.250. The van der Waals surface area contributed by atoms with E-state index in [1.807, 2.05) is 0 Å². The molecule has 0 radical (unpaired) electrons. The van der Waals surface area contributed by atoms with Crippen molar-refractivity contribution in [2.24, 2.45) is 0 Å². The smallest absolute Gasteiger partial charge is 0.258 e. The molecule has 5 nitrogen and oxygen atoms in total. The summed E-state index contributed by atoms with van der Waals surface area (Å²) in [5.41, 5.74) is -0.350. The molecule has 1 amide bonds. The van der Waals surface area contributed by atoms with E-state index in [4.69, 9.17) is 0 Å². The standard InChI is InChI=1S/C8H10N2O3/c1-10(2)8(13)5-4-9-7(12)3-6(5)11/h3-4H,1-2H3,(H2,9,11,12). The molecule has 1 aromatic heterocycles. The molecule has 0 bridgehead atoms. The molecule has 0 aromatic carbocycles. The SMILES string of the molecule is CN(C)C(=O)c1c[nH]c(=O)cc1O. The second kappa shape index (κ2) is 3.30. The Balaban J connectivity index is 3.16. The van der Waals surface area contributed by atoms with Crippen LogP contribution in [0.15, 0.2) is 17.1 Å². The van der Waals surface area contributed by atoms with E-state index in [2.05, 4.69) is 4.98 Å². The third kappa shape index (κ3) is 1.87. The summed E-state index contributed by atoms with van der Waals surface area (Å²) in [6.45, 7) is 0. The number of aromatic hydroxyl groups is 1. The highest BCUT2D eigenvalue weighted by Crippen LogP contribution is 2.13. The molecule has 1 rings (SSSR count). The molecular weight excluding hydrogens is 172 g/mol. The van der Waals surface area contributed by atoms with E-state index in [1.165, 1.54) is 11.1 Å². The number of hydrogen-bond donors (Lipinski definition) is 2. The van der Waals surface area contributed by atoms with E-state index in [0.29, 0.717) is 0 Å². The molecule has 0 spiro atoms. The van der Waals surface area contributed by atoms with Gasteiger partial charge in [-0.25, -0.2) is 0 Å². The summed E-state index contributed by atoms with van der Waals surface area (Å²) < 4.78 is 0. The van der Waals surface area contributed by atoms with Gasteiger partial charge in [-0.05, 0) is 0 Å². The molecule has 0 saturated heterocycles. The predicted molar refractivity (Wildman–Crippen MR) is 46.7 cm³/mol. The number of aromatic nitrogens is 1. The number of amides is 1. The van der Waals surface area contributed by atoms with Gasteiger partial charge in [-0.15, -0.1) is 0 Å². The van der Waals surface area contributed by atoms with Crippen LogP contribution in [0.5, 0.6) is 5.75 Å². The van der Waals surface area contributed by atoms with Crippen LogP contribution in [0.25, 0.3) is 0 Å². The van der Waals surface area contributed by atoms with Crippen molar-refractivity contribution in [1.29, 1.82) is 0 Å². The molecule has 0 aliphatic rings. The number of carbonyl (C=O) groups excluding carboxylic acids is 1. The Bertz CT molecular complexity index is 381. The maximum atomic E-state index is 11.3. The normalized spacial score (nSPS) is 9.69. The minimum atomic E-state index is -0.437. The monoisotopic (exact) mass is 182 g/mol. The lowest BCUT2D eigenvalue weighted by molar-refractivity contribution is 0.0824. The van der Waals surface area contributed by atoms with Crippen LogP contribution >= 0.6 is 0 Å². The molecule has 0 aliphatic carbocycles. The third-order valence-electron chi connectivity index (χ3n) is 1.54. The van der Waals surface area contributed by atoms with Crippen LogP contribution in [0.1, 0.15) is 10.4 Å². The van der Waals surface area contributed by atoms with Gasteiger partial charge in [0.1, 0.15) is 5.75 Å². The summed E-state index contributed by atoms with van der Waals surface area (Å²) in [4.78, 5) is 25.6. The minimum Gasteiger partial charge on any atom is -0.507 e. The van der Waals surface area contributed by atoms with Gasteiger partial charge in [-0.2, -0.15) is 0 Å². The van der Waals surface area contributed by atoms with Gasteiger partial charge in [0.25, 0.3) is 11.5 Å². The van der Waals surface area contributed by atoms with Gasteiger partial charge in [0.05, 0.1) is 5.56 Å². The van der Waals surface area contributed by atoms with Gasteiger partial charge in [-0.3, -0.25) is 9.59 Å². The van der Waals surface area contributed by atoms with Gasteiger partial charge in [0, 0.05) is 26.4 Å². The summed E-state index contributed by atoms with van der Waals surface area (Å²) in [6, 6.07) is 0.969. The van der Waals surface area contributed by atoms with Crippen molar-refractivity contribution in [1.82, 2.24) is 9.88 Å². The van der Waals surface area contributed by atoms with Gasteiger partial charge in [0.2, 0.25) is 0 Å². The third-order valence-corrected chi connectivity index (χ3v) is 1.54. The van der Waals surface area contributed by atoms with E-state index in [-0.39, 0.29) is 17.2 Å². The Hall–Kier alpha value is -1.78. The van der Waals surface area contributed by atoms with Crippen molar-refractivity contribution < 1.29 is 9.90 Å². The number of aromatic amines is 1. The van der Waals surface area contributed by atoms with Crippen LogP contribution in [0.4, 0.5) is 0 Å². The molecule has 0 aliphatic heterocycles. The number of hydrogen-bond acceptors (Lipinski definition) is 3. The molecule has 2 N–H and O–H groups in total. The van der Waals surface area contributed by atoms with E-state index >= 15 is 0 Å². The Kier molecular flexibility index (Phi) is 2.36. The lowest BCUT2D eigenvalue weighted by atomic mass is 10.2. The zero-order valence-electron chi connectivity index (χ0n) is 7.37. The molecule has 0 fully saturated rings. The van der Waals surface area contributed by atoms with E-state index in [1.54, 1.807) is 14.1 Å². The summed E-state index contributed by atoms with van der Waals surface area (Å²) >= 11 is 0. The van der Waals surface area contributed by atoms with Gasteiger partial charge in [0.15, 0.2) is 0 Å². The highest BCUT2D eigenvalue weighted by Gasteiger charge is 2.12. The number of pyridine rings is 1. The maximum absolute atomic E-state index is 11.3. The van der Waals surface area contributed by atoms with Crippen molar-refractivity contribution in [2.45, 2.75) is 0 Å². The lowest BCUT2D eigenvalue weighted by Crippen LogP contribution is -2.22. The van der Waals surface area contributed by atoms with Crippen molar-refractivity contribution >= 4 is 5.91 Å². The Morgan fingerprint density at radius 2 is 2.15 bits per heavy atom. The van der Waals surface area contributed by atoms with E-state index in [9.17, 15) is 14.7 Å². The van der Waals surface area contributed by atoms with Crippen LogP contribution in [0, 0.1) is 0 Å². The number of rotatable bonds is 1. The average molecular weight is 182 g/mol. The first-order valence-corrected chi connectivity index (χ1v) is 3.65. The van der Waals surface area contributed by atoms with Crippen LogP contribution in [-0.4, -0.2) is 35.0 Å². The molecule has 5 heteroatoms. The van der Waals surface area contributed by atoms with E-state index in [0.717, 1.165) is 6.07 Å². The molecule has 70 valence electrons. The zero-order chi connectivity index (χ0) is 10.0. The number of H-pyrrole nitrogens is 1. The molecule has 1 aromatic rings. The predicted octanol–water partition coefficient (Wildman–Crippen LogP) is -0.218. The maximum Gasteiger partial charge on any atom is 0.258 e. The minimum absolute atomic E-state index is 0.0876. The Labute approximate surface area is 74.6 Å². The lowest BCUT2D eigenvalue weighted by Gasteiger charge is -2.10. The first kappa shape index (κ1) is 9.31. The topological polar surface area (TPSA) is 73.4 Å². The molecule has 13 heavy (non-hydrogen) atoms. The summed E-state index contributed by atoms with van der Waals surface area (Å²) in [7, 11) is 3.12. The zero-order valence-corrected chi connectivity index (χ0v) is 7.37. The van der Waals surface area contributed by atoms with Crippen molar-refractivity contribution in [3.8, 4) is 5.75 Å². The first-order chi connectivity index (χ1) is 6.02. The summed E-state index contributed by atoms with van der Waals surface area (Å²) in [6.07, 6.45) is 1.19. The van der Waals surface area contributed by atoms with Crippen molar-refractivity contribution in [3.63, 3.8) is 0 Å². The summed E-state index contributed by atoms with van der Waals surface area (Å²) in [5, 5.41) is 9.24. The quantitative estimate of drug-likeness (QED) is 0.630. The van der Waals surface area contributed by atoms with E-state index < -0.39 is 5.56 Å². The number of nitrogens with zero attached hydrogens (tertiary/aromatic N) is 1. The van der Waals surface area contributed by atoms with Crippen molar-refractivity contribution in [3.05, 3.63) is 28.2 Å². The molecule has 0 saturated carbocycles. The van der Waals surface area contributed by atoms with Gasteiger partial charge < -0.3 is 15.0 Å². The molecule has 0 atom stereocenters. The fourth-order valence-electron chi connectivity index (χ4n) is 0.873. The largest absolute Gasteiger partial charge is 0.507 e. The second-order valence-electron chi connectivity index (χ2n) is 2.80. The van der Waals surface area contributed by atoms with Crippen LogP contribution in [-0.2, 0) is 0 Å². The van der Waals surface area contributed by atoms with Crippen molar-refractivity contribution in [2.75, 3.05) is 14.1 Å².